The molecule has 3 N–H and O–H groups in total. The molecule has 0 bridgehead atoms. The molecule has 2 heterocycles. The zero-order chi connectivity index (χ0) is 37.6. The Balaban J connectivity index is 1.75. The number of halogens is 3. The SMILES string of the molecule is COC(=O)[C@H]1O[C@@H](O[C@H]2[C@H](O)[C@@H](CO)O[C@@H](OCc3ccc4ccccc4c3)[C@@H]2NC(=O)C(Cl)(Cl)Cl)[C@H](OC(C)=O)[C@@H](OC(C)=O)[C@@H]1OC(C)=O. The fraction of sp³-hybridized carbons (Fsp3) is 0.531. The Kier molecular flexibility index (Phi) is 13.9. The molecule has 2 aliphatic heterocycles. The molecule has 19 heteroatoms. The van der Waals surface area contributed by atoms with Gasteiger partial charge in [0.2, 0.25) is 0 Å². The van der Waals surface area contributed by atoms with E-state index in [4.69, 9.17) is 72.7 Å². The number of nitrogens with one attached hydrogen (secondary N) is 1. The average Bonchev–Trinajstić information content (AvgIpc) is 3.06. The second kappa shape index (κ2) is 17.5. The molecule has 0 saturated carbocycles. The minimum absolute atomic E-state index is 0.129. The zero-order valence-corrected chi connectivity index (χ0v) is 29.8. The molecule has 0 aliphatic carbocycles. The topological polar surface area (TPSA) is 212 Å². The molecular weight excluding hydrogens is 745 g/mol. The Hall–Kier alpha value is -3.32. The number of aliphatic hydroxyl groups excluding tert-OH is 2. The van der Waals surface area contributed by atoms with Crippen molar-refractivity contribution in [2.75, 3.05) is 13.7 Å². The van der Waals surface area contributed by atoms with E-state index in [2.05, 4.69) is 5.32 Å². The summed E-state index contributed by atoms with van der Waals surface area (Å²) in [6.07, 6.45) is -15.5. The van der Waals surface area contributed by atoms with Gasteiger partial charge in [-0.25, -0.2) is 4.79 Å². The van der Waals surface area contributed by atoms with Crippen LogP contribution in [-0.4, -0.2) is 119 Å². The van der Waals surface area contributed by atoms with Gasteiger partial charge in [0, 0.05) is 20.8 Å². The van der Waals surface area contributed by atoms with E-state index in [-0.39, 0.29) is 6.61 Å². The van der Waals surface area contributed by atoms with Crippen LogP contribution in [0, 0.1) is 0 Å². The van der Waals surface area contributed by atoms with E-state index >= 15 is 0 Å². The van der Waals surface area contributed by atoms with Gasteiger partial charge in [0.1, 0.15) is 24.4 Å². The van der Waals surface area contributed by atoms with E-state index in [0.29, 0.717) is 5.56 Å². The first-order chi connectivity index (χ1) is 24.0. The van der Waals surface area contributed by atoms with Crippen molar-refractivity contribution in [3.05, 3.63) is 48.0 Å². The summed E-state index contributed by atoms with van der Waals surface area (Å²) < 4.78 is 42.2. The van der Waals surface area contributed by atoms with E-state index < -0.39 is 102 Å². The van der Waals surface area contributed by atoms with Crippen molar-refractivity contribution >= 4 is 75.4 Å². The first-order valence-corrected chi connectivity index (χ1v) is 16.5. The summed E-state index contributed by atoms with van der Waals surface area (Å²) >= 11 is 17.6. The first kappa shape index (κ1) is 40.5. The van der Waals surface area contributed by atoms with Crippen molar-refractivity contribution in [3.8, 4) is 0 Å². The standard InChI is InChI=1S/C32H36Cl3NO15/c1-14(38)46-24-25(47-15(2)39)27(48-16(3)40)30(51-26(24)28(42)44-4)50-23-21(36-31(43)32(33,34)35)29(49-20(12-37)22(23)41)45-13-17-9-10-18-7-5-6-8-19(18)11-17/h5-11,20-27,29-30,37,41H,12-13H2,1-4H3,(H,36,43)/t20-,21-,22-,23-,24+,25+,26+,27-,29-,30-/m1/s1. The lowest BCUT2D eigenvalue weighted by Crippen LogP contribution is -2.69. The summed E-state index contributed by atoms with van der Waals surface area (Å²) in [7, 11) is 0.999. The van der Waals surface area contributed by atoms with Crippen molar-refractivity contribution in [2.45, 2.75) is 92.5 Å². The fourth-order valence-electron chi connectivity index (χ4n) is 5.61. The summed E-state index contributed by atoms with van der Waals surface area (Å²) in [6.45, 7) is 2.08. The van der Waals surface area contributed by atoms with Crippen molar-refractivity contribution < 1.29 is 72.1 Å². The lowest BCUT2D eigenvalue weighted by molar-refractivity contribution is -0.343. The van der Waals surface area contributed by atoms with Crippen molar-refractivity contribution in [1.29, 1.82) is 0 Å². The van der Waals surface area contributed by atoms with E-state index in [1.165, 1.54) is 0 Å². The molecule has 280 valence electrons. The number of ether oxygens (including phenoxy) is 8. The van der Waals surface area contributed by atoms with Crippen LogP contribution in [0.1, 0.15) is 26.3 Å². The number of alkyl halides is 3. The number of aliphatic hydroxyl groups is 2. The molecule has 2 saturated heterocycles. The molecule has 10 atom stereocenters. The number of fused-ring (bicyclic) bond motifs is 1. The summed E-state index contributed by atoms with van der Waals surface area (Å²) in [4.78, 5) is 62.6. The number of esters is 4. The van der Waals surface area contributed by atoms with Gasteiger partial charge in [-0.2, -0.15) is 0 Å². The predicted molar refractivity (Wildman–Crippen MR) is 175 cm³/mol. The summed E-state index contributed by atoms with van der Waals surface area (Å²) in [5, 5.41) is 25.8. The van der Waals surface area contributed by atoms with Crippen molar-refractivity contribution in [3.63, 3.8) is 0 Å². The highest BCUT2D eigenvalue weighted by Crippen LogP contribution is 2.35. The minimum atomic E-state index is -2.54. The minimum Gasteiger partial charge on any atom is -0.467 e. The first-order valence-electron chi connectivity index (χ1n) is 15.4. The van der Waals surface area contributed by atoms with E-state index in [1.54, 1.807) is 6.07 Å². The largest absolute Gasteiger partial charge is 0.467 e. The molecular formula is C32H36Cl3NO15. The van der Waals surface area contributed by atoms with Crippen LogP contribution in [0.15, 0.2) is 42.5 Å². The number of carbonyl (C=O) groups excluding carboxylic acids is 5. The molecule has 0 radical (unpaired) electrons. The van der Waals surface area contributed by atoms with Gasteiger partial charge in [-0.3, -0.25) is 19.2 Å². The molecule has 0 unspecified atom stereocenters. The third-order valence-electron chi connectivity index (χ3n) is 7.76. The van der Waals surface area contributed by atoms with Gasteiger partial charge in [-0.15, -0.1) is 0 Å². The Morgan fingerprint density at radius 3 is 2.02 bits per heavy atom. The molecule has 2 aromatic carbocycles. The normalized spacial score (nSPS) is 29.4. The quantitative estimate of drug-likeness (QED) is 0.167. The lowest BCUT2D eigenvalue weighted by Gasteiger charge is -2.48. The van der Waals surface area contributed by atoms with Gasteiger partial charge in [0.25, 0.3) is 9.70 Å². The van der Waals surface area contributed by atoms with E-state index in [1.807, 2.05) is 36.4 Å². The van der Waals surface area contributed by atoms with E-state index in [9.17, 15) is 34.2 Å². The van der Waals surface area contributed by atoms with Gasteiger partial charge in [-0.1, -0.05) is 71.2 Å². The highest BCUT2D eigenvalue weighted by atomic mass is 35.6. The van der Waals surface area contributed by atoms with Gasteiger partial charge in [0.15, 0.2) is 37.0 Å². The van der Waals surface area contributed by atoms with Crippen LogP contribution in [0.25, 0.3) is 10.8 Å². The van der Waals surface area contributed by atoms with Gasteiger partial charge < -0.3 is 53.4 Å². The van der Waals surface area contributed by atoms with Crippen LogP contribution >= 0.6 is 34.8 Å². The van der Waals surface area contributed by atoms with Crippen LogP contribution in [0.3, 0.4) is 0 Å². The number of carbonyl (C=O) groups is 5. The average molecular weight is 781 g/mol. The molecule has 2 fully saturated rings. The highest BCUT2D eigenvalue weighted by molar-refractivity contribution is 6.76. The molecule has 2 aromatic rings. The molecule has 51 heavy (non-hydrogen) atoms. The smallest absolute Gasteiger partial charge is 0.339 e. The van der Waals surface area contributed by atoms with Crippen molar-refractivity contribution in [1.82, 2.24) is 5.32 Å². The Labute approximate surface area is 306 Å². The Bertz CT molecular complexity index is 1590. The second-order valence-corrected chi connectivity index (χ2v) is 13.8. The Morgan fingerprint density at radius 1 is 0.824 bits per heavy atom. The van der Waals surface area contributed by atoms with E-state index in [0.717, 1.165) is 38.7 Å². The van der Waals surface area contributed by atoms with Crippen LogP contribution < -0.4 is 5.32 Å². The molecule has 0 spiro atoms. The maximum Gasteiger partial charge on any atom is 0.339 e. The number of hydrogen-bond donors (Lipinski definition) is 3. The molecule has 0 aromatic heterocycles. The molecule has 1 amide bonds. The third kappa shape index (κ3) is 10.2. The number of hydrogen-bond acceptors (Lipinski definition) is 15. The van der Waals surface area contributed by atoms with Crippen LogP contribution in [0.5, 0.6) is 0 Å². The molecule has 2 aliphatic rings. The monoisotopic (exact) mass is 779 g/mol. The number of rotatable bonds is 11. The van der Waals surface area contributed by atoms with Gasteiger partial charge in [-0.05, 0) is 22.4 Å². The van der Waals surface area contributed by atoms with Gasteiger partial charge in [0.05, 0.1) is 20.3 Å². The number of benzene rings is 2. The summed E-state index contributed by atoms with van der Waals surface area (Å²) in [5.74, 6) is -5.15. The van der Waals surface area contributed by atoms with Crippen LogP contribution in [0.2, 0.25) is 0 Å². The van der Waals surface area contributed by atoms with Crippen LogP contribution in [0.4, 0.5) is 0 Å². The lowest BCUT2D eigenvalue weighted by atomic mass is 9.94. The third-order valence-corrected chi connectivity index (χ3v) is 8.28. The maximum absolute atomic E-state index is 13.0. The fourth-order valence-corrected chi connectivity index (χ4v) is 5.77. The Morgan fingerprint density at radius 2 is 1.43 bits per heavy atom. The maximum atomic E-state index is 13.0. The molecule has 16 nitrogen and oxygen atoms in total. The number of methoxy groups -OCH3 is 1. The highest BCUT2D eigenvalue weighted by Gasteiger charge is 2.58. The predicted octanol–water partition coefficient (Wildman–Crippen LogP) is 1.37. The zero-order valence-electron chi connectivity index (χ0n) is 27.6. The van der Waals surface area contributed by atoms with Crippen LogP contribution in [-0.2, 0) is 68.5 Å². The summed E-state index contributed by atoms with van der Waals surface area (Å²) in [6, 6.07) is 11.5. The second-order valence-electron chi connectivity index (χ2n) is 11.5. The number of amides is 1. The molecule has 4 rings (SSSR count). The summed E-state index contributed by atoms with van der Waals surface area (Å²) in [5.41, 5.74) is 0.667. The van der Waals surface area contributed by atoms with Crippen molar-refractivity contribution in [2.24, 2.45) is 0 Å². The van der Waals surface area contributed by atoms with Gasteiger partial charge >= 0.3 is 23.9 Å².